The van der Waals surface area contributed by atoms with Gasteiger partial charge in [0.05, 0.1) is 19.6 Å². The molecule has 0 fully saturated rings. The van der Waals surface area contributed by atoms with Crippen LogP contribution in [0.2, 0.25) is 0 Å². The molecular formula is C7H12O5. The minimum absolute atomic E-state index is 0.163. The van der Waals surface area contributed by atoms with Gasteiger partial charge in [-0.2, -0.15) is 0 Å². The highest BCUT2D eigenvalue weighted by Crippen LogP contribution is 1.94. The SMILES string of the molecule is COC(=O)C[C@H](O)COC(C)=O. The minimum Gasteiger partial charge on any atom is -0.469 e. The Bertz CT molecular complexity index is 165. The van der Waals surface area contributed by atoms with Crippen molar-refractivity contribution < 1.29 is 24.2 Å². The van der Waals surface area contributed by atoms with E-state index in [9.17, 15) is 9.59 Å². The first-order valence-electron chi connectivity index (χ1n) is 3.44. The lowest BCUT2D eigenvalue weighted by Gasteiger charge is -2.08. The summed E-state index contributed by atoms with van der Waals surface area (Å²) in [5, 5.41) is 9.02. The summed E-state index contributed by atoms with van der Waals surface area (Å²) in [6, 6.07) is 0. The summed E-state index contributed by atoms with van der Waals surface area (Å²) < 4.78 is 8.74. The first kappa shape index (κ1) is 10.9. The standard InChI is InChI=1S/C7H12O5/c1-5(8)12-4-6(9)3-7(10)11-2/h6,9H,3-4H2,1-2H3/t6-/m0/s1. The van der Waals surface area contributed by atoms with Crippen LogP contribution >= 0.6 is 0 Å². The fourth-order valence-electron chi connectivity index (χ4n) is 0.548. The average Bonchev–Trinajstić information content (AvgIpc) is 2.00. The van der Waals surface area contributed by atoms with Crippen molar-refractivity contribution in [3.63, 3.8) is 0 Å². The number of ether oxygens (including phenoxy) is 2. The molecule has 0 heterocycles. The Hall–Kier alpha value is -1.10. The zero-order valence-electron chi connectivity index (χ0n) is 7.07. The van der Waals surface area contributed by atoms with Crippen molar-refractivity contribution in [2.45, 2.75) is 19.4 Å². The second kappa shape index (κ2) is 5.54. The van der Waals surface area contributed by atoms with Gasteiger partial charge in [-0.05, 0) is 0 Å². The summed E-state index contributed by atoms with van der Waals surface area (Å²) in [6.07, 6.45) is -1.15. The molecule has 0 radical (unpaired) electrons. The Labute approximate surface area is 70.3 Å². The van der Waals surface area contributed by atoms with Gasteiger partial charge in [-0.3, -0.25) is 9.59 Å². The van der Waals surface area contributed by atoms with Gasteiger partial charge in [0.25, 0.3) is 0 Å². The maximum absolute atomic E-state index is 10.5. The molecule has 0 saturated carbocycles. The Kier molecular flexibility index (Phi) is 5.03. The molecule has 0 aliphatic rings. The third kappa shape index (κ3) is 5.67. The Morgan fingerprint density at radius 1 is 1.50 bits per heavy atom. The number of hydrogen-bond acceptors (Lipinski definition) is 5. The average molecular weight is 176 g/mol. The van der Waals surface area contributed by atoms with Crippen molar-refractivity contribution >= 4 is 11.9 Å². The van der Waals surface area contributed by atoms with Gasteiger partial charge in [0.1, 0.15) is 6.61 Å². The Balaban J connectivity index is 3.52. The molecular weight excluding hydrogens is 164 g/mol. The second-order valence-electron chi connectivity index (χ2n) is 2.24. The van der Waals surface area contributed by atoms with Crippen molar-refractivity contribution in [2.24, 2.45) is 0 Å². The van der Waals surface area contributed by atoms with Gasteiger partial charge in [0.2, 0.25) is 0 Å². The molecule has 1 atom stereocenters. The van der Waals surface area contributed by atoms with Gasteiger partial charge >= 0.3 is 11.9 Å². The van der Waals surface area contributed by atoms with Crippen molar-refractivity contribution in [3.8, 4) is 0 Å². The van der Waals surface area contributed by atoms with Gasteiger partial charge in [-0.25, -0.2) is 0 Å². The van der Waals surface area contributed by atoms with Crippen molar-refractivity contribution in [3.05, 3.63) is 0 Å². The van der Waals surface area contributed by atoms with Crippen molar-refractivity contribution in [2.75, 3.05) is 13.7 Å². The predicted octanol–water partition coefficient (Wildman–Crippen LogP) is -0.527. The lowest BCUT2D eigenvalue weighted by atomic mass is 10.3. The first-order chi connectivity index (χ1) is 5.56. The molecule has 5 heteroatoms. The Morgan fingerprint density at radius 3 is 2.50 bits per heavy atom. The zero-order valence-corrected chi connectivity index (χ0v) is 7.07. The molecule has 0 saturated heterocycles. The molecule has 0 unspecified atom stereocenters. The van der Waals surface area contributed by atoms with Gasteiger partial charge in [0.15, 0.2) is 0 Å². The van der Waals surface area contributed by atoms with Gasteiger partial charge in [-0.15, -0.1) is 0 Å². The van der Waals surface area contributed by atoms with Crippen LogP contribution in [-0.2, 0) is 19.1 Å². The van der Waals surface area contributed by atoms with Crippen LogP contribution in [0.25, 0.3) is 0 Å². The summed E-state index contributed by atoms with van der Waals surface area (Å²) in [7, 11) is 1.22. The summed E-state index contributed by atoms with van der Waals surface area (Å²) in [5.41, 5.74) is 0. The number of esters is 2. The highest BCUT2D eigenvalue weighted by Gasteiger charge is 2.11. The molecule has 0 rings (SSSR count). The topological polar surface area (TPSA) is 72.8 Å². The van der Waals surface area contributed by atoms with Crippen LogP contribution in [0, 0.1) is 0 Å². The maximum atomic E-state index is 10.5. The van der Waals surface area contributed by atoms with Gasteiger partial charge in [0, 0.05) is 6.92 Å². The molecule has 0 aromatic carbocycles. The molecule has 0 amide bonds. The second-order valence-corrected chi connectivity index (χ2v) is 2.24. The number of carbonyl (C=O) groups excluding carboxylic acids is 2. The molecule has 0 bridgehead atoms. The third-order valence-corrected chi connectivity index (χ3v) is 1.11. The van der Waals surface area contributed by atoms with Gasteiger partial charge < -0.3 is 14.6 Å². The quantitative estimate of drug-likeness (QED) is 0.583. The smallest absolute Gasteiger partial charge is 0.308 e. The number of aliphatic hydroxyl groups is 1. The van der Waals surface area contributed by atoms with Crippen molar-refractivity contribution in [1.29, 1.82) is 0 Å². The lowest BCUT2D eigenvalue weighted by molar-refractivity contribution is -0.149. The number of hydrogen-bond donors (Lipinski definition) is 1. The molecule has 5 nitrogen and oxygen atoms in total. The highest BCUT2D eigenvalue weighted by atomic mass is 16.5. The van der Waals surface area contributed by atoms with E-state index in [1.54, 1.807) is 0 Å². The first-order valence-corrected chi connectivity index (χ1v) is 3.44. The monoisotopic (exact) mass is 176 g/mol. The van der Waals surface area contributed by atoms with E-state index in [1.807, 2.05) is 0 Å². The lowest BCUT2D eigenvalue weighted by Crippen LogP contribution is -2.21. The minimum atomic E-state index is -0.985. The van der Waals surface area contributed by atoms with E-state index in [1.165, 1.54) is 14.0 Å². The van der Waals surface area contributed by atoms with E-state index in [0.717, 1.165) is 0 Å². The number of carbonyl (C=O) groups is 2. The van der Waals surface area contributed by atoms with Gasteiger partial charge in [-0.1, -0.05) is 0 Å². The van der Waals surface area contributed by atoms with Crippen LogP contribution in [0.3, 0.4) is 0 Å². The number of aliphatic hydroxyl groups excluding tert-OH is 1. The van der Waals surface area contributed by atoms with Crippen LogP contribution in [0.15, 0.2) is 0 Å². The molecule has 1 N–H and O–H groups in total. The number of methoxy groups -OCH3 is 1. The zero-order chi connectivity index (χ0) is 9.56. The largest absolute Gasteiger partial charge is 0.469 e. The van der Waals surface area contributed by atoms with Crippen LogP contribution in [0.5, 0.6) is 0 Å². The van der Waals surface area contributed by atoms with E-state index >= 15 is 0 Å². The fraction of sp³-hybridized carbons (Fsp3) is 0.714. The van der Waals surface area contributed by atoms with Crippen LogP contribution in [0.4, 0.5) is 0 Å². The fourth-order valence-corrected chi connectivity index (χ4v) is 0.548. The molecule has 0 spiro atoms. The summed E-state index contributed by atoms with van der Waals surface area (Å²) in [5.74, 6) is -1.02. The molecule has 0 aliphatic carbocycles. The van der Waals surface area contributed by atoms with E-state index in [0.29, 0.717) is 0 Å². The summed E-state index contributed by atoms with van der Waals surface area (Å²) in [6.45, 7) is 1.05. The highest BCUT2D eigenvalue weighted by molar-refractivity contribution is 5.70. The number of rotatable bonds is 4. The molecule has 12 heavy (non-hydrogen) atoms. The maximum Gasteiger partial charge on any atom is 0.308 e. The molecule has 70 valence electrons. The van der Waals surface area contributed by atoms with E-state index in [4.69, 9.17) is 5.11 Å². The van der Waals surface area contributed by atoms with Crippen LogP contribution in [-0.4, -0.2) is 36.9 Å². The summed E-state index contributed by atoms with van der Waals surface area (Å²) >= 11 is 0. The van der Waals surface area contributed by atoms with E-state index in [2.05, 4.69) is 9.47 Å². The van der Waals surface area contributed by atoms with Crippen LogP contribution < -0.4 is 0 Å². The van der Waals surface area contributed by atoms with Crippen molar-refractivity contribution in [1.82, 2.24) is 0 Å². The predicted molar refractivity (Wildman–Crippen MR) is 39.3 cm³/mol. The Morgan fingerprint density at radius 2 is 2.08 bits per heavy atom. The van der Waals surface area contributed by atoms with Crippen LogP contribution in [0.1, 0.15) is 13.3 Å². The molecule has 0 aromatic heterocycles. The summed E-state index contributed by atoms with van der Waals surface area (Å²) in [4.78, 5) is 20.8. The normalized spacial score (nSPS) is 11.9. The third-order valence-electron chi connectivity index (χ3n) is 1.11. The molecule has 0 aliphatic heterocycles. The van der Waals surface area contributed by atoms with E-state index in [-0.39, 0.29) is 13.0 Å². The van der Waals surface area contributed by atoms with E-state index < -0.39 is 18.0 Å². The molecule has 0 aromatic rings.